The van der Waals surface area contributed by atoms with Gasteiger partial charge in [-0.1, -0.05) is 54.6 Å². The first-order valence-electron chi connectivity index (χ1n) is 8.98. The highest BCUT2D eigenvalue weighted by Crippen LogP contribution is 2.19. The lowest BCUT2D eigenvalue weighted by Crippen LogP contribution is -2.37. The maximum absolute atomic E-state index is 12.1. The fourth-order valence-electron chi connectivity index (χ4n) is 2.99. The first-order chi connectivity index (χ1) is 13.0. The molecule has 0 unspecified atom stereocenters. The lowest BCUT2D eigenvalue weighted by molar-refractivity contribution is 0.173. The zero-order valence-electron chi connectivity index (χ0n) is 15.6. The van der Waals surface area contributed by atoms with Gasteiger partial charge in [0.2, 0.25) is 0 Å². The second-order valence-corrected chi connectivity index (χ2v) is 6.70. The van der Waals surface area contributed by atoms with Crippen molar-refractivity contribution < 1.29 is 9.90 Å². The zero-order chi connectivity index (χ0) is 19.2. The van der Waals surface area contributed by atoms with E-state index in [9.17, 15) is 9.90 Å². The Kier molecular flexibility index (Phi) is 5.94. The molecule has 0 heterocycles. The van der Waals surface area contributed by atoms with E-state index in [1.807, 2.05) is 73.6 Å². The number of benzene rings is 3. The molecule has 5 nitrogen and oxygen atoms in total. The number of aliphatic hydroxyl groups excluding tert-OH is 1. The van der Waals surface area contributed by atoms with Crippen molar-refractivity contribution in [3.63, 3.8) is 0 Å². The third-order valence-electron chi connectivity index (χ3n) is 4.57. The zero-order valence-corrected chi connectivity index (χ0v) is 15.6. The Balaban J connectivity index is 1.52. The second kappa shape index (κ2) is 8.56. The summed E-state index contributed by atoms with van der Waals surface area (Å²) in [6.45, 7) is 0.587. The highest BCUT2D eigenvalue weighted by Gasteiger charge is 2.10. The van der Waals surface area contributed by atoms with Crippen LogP contribution in [0, 0.1) is 0 Å². The van der Waals surface area contributed by atoms with E-state index in [1.54, 1.807) is 0 Å². The fourth-order valence-corrected chi connectivity index (χ4v) is 2.99. The van der Waals surface area contributed by atoms with Crippen LogP contribution in [-0.2, 0) is 6.54 Å². The topological polar surface area (TPSA) is 64.6 Å². The summed E-state index contributed by atoms with van der Waals surface area (Å²) in [5.41, 5.74) is 2.89. The molecule has 3 N–H and O–H groups in total. The van der Waals surface area contributed by atoms with Crippen LogP contribution in [0.25, 0.3) is 10.8 Å². The molecule has 0 saturated heterocycles. The summed E-state index contributed by atoms with van der Waals surface area (Å²) in [4.78, 5) is 14.1. The van der Waals surface area contributed by atoms with Crippen LogP contribution in [-0.4, -0.2) is 31.8 Å². The van der Waals surface area contributed by atoms with Gasteiger partial charge in [-0.25, -0.2) is 4.79 Å². The van der Waals surface area contributed by atoms with Crippen LogP contribution < -0.4 is 15.5 Å². The normalized spacial score (nSPS) is 11.8. The van der Waals surface area contributed by atoms with Crippen molar-refractivity contribution in [3.05, 3.63) is 77.9 Å². The number of nitrogens with one attached hydrogen (secondary N) is 2. The molecular formula is C22H25N3O2. The average Bonchev–Trinajstić information content (AvgIpc) is 2.70. The van der Waals surface area contributed by atoms with Crippen molar-refractivity contribution in [1.29, 1.82) is 0 Å². The van der Waals surface area contributed by atoms with E-state index in [4.69, 9.17) is 0 Å². The monoisotopic (exact) mass is 363 g/mol. The Morgan fingerprint density at radius 3 is 2.41 bits per heavy atom. The molecule has 2 amide bonds. The Morgan fingerprint density at radius 1 is 0.963 bits per heavy atom. The van der Waals surface area contributed by atoms with Gasteiger partial charge in [-0.3, -0.25) is 0 Å². The number of urea groups is 1. The average molecular weight is 363 g/mol. The summed E-state index contributed by atoms with van der Waals surface area (Å²) < 4.78 is 0. The van der Waals surface area contributed by atoms with Gasteiger partial charge in [0, 0.05) is 32.9 Å². The molecule has 0 bridgehead atoms. The quantitative estimate of drug-likeness (QED) is 0.629. The summed E-state index contributed by atoms with van der Waals surface area (Å²) in [7, 11) is 3.93. The van der Waals surface area contributed by atoms with Crippen molar-refractivity contribution in [2.45, 2.75) is 12.6 Å². The summed E-state index contributed by atoms with van der Waals surface area (Å²) in [5.74, 6) is 0. The number of hydrogen-bond acceptors (Lipinski definition) is 3. The number of nitrogens with zero attached hydrogens (tertiary/aromatic N) is 1. The molecule has 140 valence electrons. The first-order valence-corrected chi connectivity index (χ1v) is 8.98. The molecule has 0 fully saturated rings. The molecule has 0 spiro atoms. The Bertz CT molecular complexity index is 902. The van der Waals surface area contributed by atoms with Crippen molar-refractivity contribution >= 4 is 22.5 Å². The summed E-state index contributed by atoms with van der Waals surface area (Å²) in [5, 5.41) is 18.1. The van der Waals surface area contributed by atoms with Crippen LogP contribution in [0.1, 0.15) is 17.2 Å². The van der Waals surface area contributed by atoms with Crippen molar-refractivity contribution in [2.75, 3.05) is 25.5 Å². The van der Waals surface area contributed by atoms with E-state index in [2.05, 4.69) is 22.8 Å². The minimum Gasteiger partial charge on any atom is -0.387 e. The number of anilines is 1. The SMILES string of the molecule is CN(C)c1ccc([C@H](O)CNC(=O)NCc2cccc3ccccc23)cc1. The van der Waals surface area contributed by atoms with Crippen molar-refractivity contribution in [2.24, 2.45) is 0 Å². The Labute approximate surface area is 159 Å². The number of hydrogen-bond donors (Lipinski definition) is 3. The van der Waals surface area contributed by atoms with Gasteiger partial charge < -0.3 is 20.6 Å². The number of rotatable bonds is 6. The minimum absolute atomic E-state index is 0.155. The first kappa shape index (κ1) is 18.7. The van der Waals surface area contributed by atoms with Gasteiger partial charge in [0.05, 0.1) is 6.10 Å². The molecule has 3 rings (SSSR count). The van der Waals surface area contributed by atoms with Gasteiger partial charge in [-0.2, -0.15) is 0 Å². The van der Waals surface area contributed by atoms with Crippen molar-refractivity contribution in [3.8, 4) is 0 Å². The van der Waals surface area contributed by atoms with Crippen LogP contribution in [0.5, 0.6) is 0 Å². The highest BCUT2D eigenvalue weighted by atomic mass is 16.3. The lowest BCUT2D eigenvalue weighted by Gasteiger charge is -2.16. The molecule has 5 heteroatoms. The van der Waals surface area contributed by atoms with Crippen molar-refractivity contribution in [1.82, 2.24) is 10.6 Å². The molecule has 0 saturated carbocycles. The van der Waals surface area contributed by atoms with Crippen LogP contribution in [0.15, 0.2) is 66.7 Å². The van der Waals surface area contributed by atoms with Gasteiger partial charge in [-0.15, -0.1) is 0 Å². The third kappa shape index (κ3) is 4.77. The van der Waals surface area contributed by atoms with Crippen LogP contribution in [0.3, 0.4) is 0 Å². The predicted octanol–water partition coefficient (Wildman–Crippen LogP) is 3.44. The molecule has 0 radical (unpaired) electrons. The summed E-state index contributed by atoms with van der Waals surface area (Å²) in [6.07, 6.45) is -0.746. The van der Waals surface area contributed by atoms with E-state index in [0.29, 0.717) is 6.54 Å². The largest absolute Gasteiger partial charge is 0.387 e. The molecule has 1 atom stereocenters. The molecule has 0 aliphatic carbocycles. The van der Waals surface area contributed by atoms with Crippen LogP contribution in [0.4, 0.5) is 10.5 Å². The minimum atomic E-state index is -0.746. The van der Waals surface area contributed by atoms with Gasteiger partial charge in [-0.05, 0) is 34.0 Å². The predicted molar refractivity (Wildman–Crippen MR) is 110 cm³/mol. The van der Waals surface area contributed by atoms with E-state index in [1.165, 1.54) is 0 Å². The van der Waals surface area contributed by atoms with E-state index < -0.39 is 6.10 Å². The lowest BCUT2D eigenvalue weighted by atomic mass is 10.0. The van der Waals surface area contributed by atoms with Gasteiger partial charge in [0.1, 0.15) is 0 Å². The maximum atomic E-state index is 12.1. The highest BCUT2D eigenvalue weighted by molar-refractivity contribution is 5.86. The second-order valence-electron chi connectivity index (χ2n) is 6.70. The molecule has 0 aromatic heterocycles. The summed E-state index contributed by atoms with van der Waals surface area (Å²) in [6, 6.07) is 21.5. The molecule has 0 aliphatic rings. The van der Waals surface area contributed by atoms with Gasteiger partial charge in [0.25, 0.3) is 0 Å². The van der Waals surface area contributed by atoms with E-state index >= 15 is 0 Å². The maximum Gasteiger partial charge on any atom is 0.315 e. The van der Waals surface area contributed by atoms with Gasteiger partial charge >= 0.3 is 6.03 Å². The molecular weight excluding hydrogens is 338 g/mol. The standard InChI is InChI=1S/C22H25N3O2/c1-25(2)19-12-10-17(11-13-19)21(26)15-24-22(27)23-14-18-8-5-7-16-6-3-4-9-20(16)18/h3-13,21,26H,14-15H2,1-2H3,(H2,23,24,27)/t21-/m1/s1. The number of amides is 2. The number of carbonyl (C=O) groups is 1. The third-order valence-corrected chi connectivity index (χ3v) is 4.57. The molecule has 0 aliphatic heterocycles. The fraction of sp³-hybridized carbons (Fsp3) is 0.227. The number of carbonyl (C=O) groups excluding carboxylic acids is 1. The Morgan fingerprint density at radius 2 is 1.67 bits per heavy atom. The molecule has 27 heavy (non-hydrogen) atoms. The van der Waals surface area contributed by atoms with Crippen LogP contribution in [0.2, 0.25) is 0 Å². The Hall–Kier alpha value is -3.05. The summed E-state index contributed by atoms with van der Waals surface area (Å²) >= 11 is 0. The molecule has 3 aromatic carbocycles. The van der Waals surface area contributed by atoms with E-state index in [0.717, 1.165) is 27.6 Å². The van der Waals surface area contributed by atoms with E-state index in [-0.39, 0.29) is 12.6 Å². The molecule has 3 aromatic rings. The van der Waals surface area contributed by atoms with Gasteiger partial charge in [0.15, 0.2) is 0 Å². The number of aliphatic hydroxyl groups is 1. The smallest absolute Gasteiger partial charge is 0.315 e. The number of fused-ring (bicyclic) bond motifs is 1. The van der Waals surface area contributed by atoms with Crippen LogP contribution >= 0.6 is 0 Å².